The Morgan fingerprint density at radius 3 is 2.38 bits per heavy atom. The van der Waals surface area contributed by atoms with Gasteiger partial charge >= 0.3 is 6.09 Å². The van der Waals surface area contributed by atoms with E-state index in [9.17, 15) is 9.18 Å². The van der Waals surface area contributed by atoms with E-state index in [1.807, 2.05) is 12.1 Å². The largest absolute Gasteiger partial charge is 0.465 e. The molecule has 1 heterocycles. The van der Waals surface area contributed by atoms with E-state index in [0.717, 1.165) is 38.9 Å². The summed E-state index contributed by atoms with van der Waals surface area (Å²) >= 11 is 0. The summed E-state index contributed by atoms with van der Waals surface area (Å²) in [6.07, 6.45) is 2.03. The zero-order valence-corrected chi connectivity index (χ0v) is 19.5. The first kappa shape index (κ1) is 23.8. The lowest BCUT2D eigenvalue weighted by Gasteiger charge is -2.41. The van der Waals surface area contributed by atoms with Gasteiger partial charge < -0.3 is 19.7 Å². The first-order valence-corrected chi connectivity index (χ1v) is 13.5. The molecule has 1 amide bonds. The second-order valence-electron chi connectivity index (χ2n) is 9.76. The monoisotopic (exact) mass is 424 g/mol. The normalized spacial score (nSPS) is 17.9. The number of amides is 1. The second-order valence-corrected chi connectivity index (χ2v) is 14.5. The van der Waals surface area contributed by atoms with Gasteiger partial charge in [-0.3, -0.25) is 0 Å². The zero-order valence-electron chi connectivity index (χ0n) is 18.5. The summed E-state index contributed by atoms with van der Waals surface area (Å²) in [6, 6.07) is 6.82. The average Bonchev–Trinajstić information content (AvgIpc) is 2.62. The Morgan fingerprint density at radius 1 is 1.28 bits per heavy atom. The highest BCUT2D eigenvalue weighted by Crippen LogP contribution is 2.37. The maximum Gasteiger partial charge on any atom is 0.404 e. The van der Waals surface area contributed by atoms with Crippen LogP contribution in [0.25, 0.3) is 0 Å². The van der Waals surface area contributed by atoms with Crippen LogP contribution in [0.4, 0.5) is 9.18 Å². The third-order valence-corrected chi connectivity index (χ3v) is 10.9. The molecule has 1 fully saturated rings. The van der Waals surface area contributed by atoms with Crippen LogP contribution in [-0.4, -0.2) is 56.7 Å². The van der Waals surface area contributed by atoms with E-state index in [0.29, 0.717) is 12.5 Å². The Kier molecular flexibility index (Phi) is 8.25. The van der Waals surface area contributed by atoms with Gasteiger partial charge in [0.2, 0.25) is 0 Å². The third-order valence-electron chi connectivity index (χ3n) is 6.36. The van der Waals surface area contributed by atoms with E-state index in [4.69, 9.17) is 9.53 Å². The molecule has 2 rings (SSSR count). The van der Waals surface area contributed by atoms with E-state index in [1.54, 1.807) is 0 Å². The number of nitrogens with zero attached hydrogens (tertiary/aromatic N) is 1. The van der Waals surface area contributed by atoms with Gasteiger partial charge in [-0.15, -0.1) is 0 Å². The average molecular weight is 425 g/mol. The minimum atomic E-state index is -1.98. The van der Waals surface area contributed by atoms with Crippen molar-refractivity contribution >= 4 is 14.4 Å². The van der Waals surface area contributed by atoms with Crippen molar-refractivity contribution in [3.05, 3.63) is 35.6 Å². The smallest absolute Gasteiger partial charge is 0.404 e. The molecular weight excluding hydrogens is 387 g/mol. The lowest BCUT2D eigenvalue weighted by molar-refractivity contribution is 0.0934. The molecule has 0 aliphatic carbocycles. The maximum absolute atomic E-state index is 13.1. The van der Waals surface area contributed by atoms with Gasteiger partial charge in [-0.1, -0.05) is 32.9 Å². The molecule has 2 N–H and O–H groups in total. The Bertz CT molecular complexity index is 653. The first-order chi connectivity index (χ1) is 13.5. The van der Waals surface area contributed by atoms with E-state index in [1.165, 1.54) is 17.7 Å². The van der Waals surface area contributed by atoms with Crippen molar-refractivity contribution in [3.63, 3.8) is 0 Å². The summed E-state index contributed by atoms with van der Waals surface area (Å²) in [5.41, 5.74) is 1.19. The molecule has 0 bridgehead atoms. The summed E-state index contributed by atoms with van der Waals surface area (Å²) in [6.45, 7) is 14.0. The van der Waals surface area contributed by atoms with Gasteiger partial charge in [0.25, 0.3) is 0 Å². The van der Waals surface area contributed by atoms with Crippen LogP contribution >= 0.6 is 0 Å². The minimum absolute atomic E-state index is 0.0800. The predicted octanol–water partition coefficient (Wildman–Crippen LogP) is 4.74. The molecule has 0 aromatic heterocycles. The molecule has 1 aromatic rings. The second kappa shape index (κ2) is 10.0. The molecule has 0 radical (unpaired) electrons. The lowest BCUT2D eigenvalue weighted by atomic mass is 9.90. The number of nitrogens with one attached hydrogen (secondary N) is 1. The van der Waals surface area contributed by atoms with Crippen LogP contribution in [0.3, 0.4) is 0 Å². The zero-order chi connectivity index (χ0) is 21.7. The van der Waals surface area contributed by atoms with E-state index in [2.05, 4.69) is 44.1 Å². The standard InChI is InChI=1S/C22H37FN2O3Si/c1-22(2,3)29(4,5)28-20(15-24-21(26)27)16-25-12-10-18(11-13-25)14-17-6-8-19(23)9-7-17/h6-9,18,20,24H,10-16H2,1-5H3,(H,26,27). The number of carbonyl (C=O) groups is 1. The summed E-state index contributed by atoms with van der Waals surface area (Å²) in [5, 5.41) is 11.6. The highest BCUT2D eigenvalue weighted by Gasteiger charge is 2.39. The Labute approximate surface area is 175 Å². The van der Waals surface area contributed by atoms with Crippen molar-refractivity contribution < 1.29 is 18.7 Å². The van der Waals surface area contributed by atoms with Gasteiger partial charge in [-0.05, 0) is 74.1 Å². The Balaban J connectivity index is 1.89. The van der Waals surface area contributed by atoms with Crippen LogP contribution in [0.2, 0.25) is 18.1 Å². The van der Waals surface area contributed by atoms with Gasteiger partial charge in [0, 0.05) is 13.1 Å². The van der Waals surface area contributed by atoms with Crippen molar-refractivity contribution in [1.29, 1.82) is 0 Å². The number of hydrogen-bond donors (Lipinski definition) is 2. The molecule has 29 heavy (non-hydrogen) atoms. The van der Waals surface area contributed by atoms with Gasteiger partial charge in [0.1, 0.15) is 5.82 Å². The molecule has 1 unspecified atom stereocenters. The molecule has 1 saturated heterocycles. The number of hydrogen-bond acceptors (Lipinski definition) is 3. The van der Waals surface area contributed by atoms with Crippen molar-refractivity contribution in [3.8, 4) is 0 Å². The topological polar surface area (TPSA) is 61.8 Å². The molecule has 1 atom stereocenters. The van der Waals surface area contributed by atoms with Crippen molar-refractivity contribution in [1.82, 2.24) is 10.2 Å². The molecule has 0 spiro atoms. The predicted molar refractivity (Wildman–Crippen MR) is 117 cm³/mol. The minimum Gasteiger partial charge on any atom is -0.465 e. The van der Waals surface area contributed by atoms with Crippen molar-refractivity contribution in [2.45, 2.75) is 64.3 Å². The fraction of sp³-hybridized carbons (Fsp3) is 0.682. The van der Waals surface area contributed by atoms with E-state index in [-0.39, 0.29) is 17.0 Å². The maximum atomic E-state index is 13.1. The van der Waals surface area contributed by atoms with Gasteiger partial charge in [0.05, 0.1) is 6.10 Å². The fourth-order valence-electron chi connectivity index (χ4n) is 3.55. The number of benzene rings is 1. The molecule has 5 nitrogen and oxygen atoms in total. The number of carboxylic acid groups (broad SMARTS) is 1. The van der Waals surface area contributed by atoms with Gasteiger partial charge in [0.15, 0.2) is 8.32 Å². The van der Waals surface area contributed by atoms with Crippen molar-refractivity contribution in [2.24, 2.45) is 5.92 Å². The Morgan fingerprint density at radius 2 is 1.86 bits per heavy atom. The number of likely N-dealkylation sites (tertiary alicyclic amines) is 1. The summed E-state index contributed by atoms with van der Waals surface area (Å²) in [7, 11) is -1.98. The van der Waals surface area contributed by atoms with E-state index < -0.39 is 14.4 Å². The number of halogens is 1. The van der Waals surface area contributed by atoms with Crippen LogP contribution in [0, 0.1) is 11.7 Å². The summed E-state index contributed by atoms with van der Waals surface area (Å²) in [4.78, 5) is 13.4. The molecule has 1 aromatic carbocycles. The molecule has 0 saturated carbocycles. The van der Waals surface area contributed by atoms with E-state index >= 15 is 0 Å². The molecule has 7 heteroatoms. The van der Waals surface area contributed by atoms with Crippen LogP contribution in [0.15, 0.2) is 24.3 Å². The van der Waals surface area contributed by atoms with Crippen LogP contribution in [0.1, 0.15) is 39.2 Å². The lowest BCUT2D eigenvalue weighted by Crippen LogP contribution is -2.51. The highest BCUT2D eigenvalue weighted by atomic mass is 28.4. The van der Waals surface area contributed by atoms with Crippen LogP contribution < -0.4 is 5.32 Å². The first-order valence-electron chi connectivity index (χ1n) is 10.6. The number of piperidine rings is 1. The quantitative estimate of drug-likeness (QED) is 0.592. The van der Waals surface area contributed by atoms with Gasteiger partial charge in [-0.2, -0.15) is 0 Å². The molecule has 1 aliphatic heterocycles. The van der Waals surface area contributed by atoms with Gasteiger partial charge in [-0.25, -0.2) is 9.18 Å². The number of rotatable bonds is 8. The molecule has 1 aliphatic rings. The molecular formula is C22H37FN2O3Si. The molecule has 164 valence electrons. The summed E-state index contributed by atoms with van der Waals surface area (Å²) in [5.74, 6) is 0.417. The SMILES string of the molecule is CC(C)(C)[Si](C)(C)OC(CNC(=O)O)CN1CCC(Cc2ccc(F)cc2)CC1. The summed E-state index contributed by atoms with van der Waals surface area (Å²) < 4.78 is 19.6. The highest BCUT2D eigenvalue weighted by molar-refractivity contribution is 6.74. The fourth-order valence-corrected chi connectivity index (χ4v) is 4.90. The van der Waals surface area contributed by atoms with Crippen LogP contribution in [-0.2, 0) is 10.8 Å². The van der Waals surface area contributed by atoms with Crippen molar-refractivity contribution in [2.75, 3.05) is 26.2 Å². The Hall–Kier alpha value is -1.44. The van der Waals surface area contributed by atoms with Crippen LogP contribution in [0.5, 0.6) is 0 Å². The third kappa shape index (κ3) is 7.72.